The largest absolute Gasteiger partial charge is 0.356 e. The molecule has 5 nitrogen and oxygen atoms in total. The number of nitrogens with zero attached hydrogens (tertiary/aromatic N) is 2. The van der Waals surface area contributed by atoms with E-state index in [1.165, 1.54) is 16.5 Å². The summed E-state index contributed by atoms with van der Waals surface area (Å²) >= 11 is 0. The van der Waals surface area contributed by atoms with Crippen molar-refractivity contribution in [3.63, 3.8) is 0 Å². The number of amides is 2. The maximum Gasteiger partial charge on any atom is 0.242 e. The average molecular weight is 385 g/mol. The molecule has 2 fully saturated rings. The summed E-state index contributed by atoms with van der Waals surface area (Å²) in [7, 11) is 0. The van der Waals surface area contributed by atoms with E-state index in [-0.39, 0.29) is 30.3 Å². The van der Waals surface area contributed by atoms with Crippen molar-refractivity contribution in [3.8, 4) is 0 Å². The third-order valence-corrected chi connectivity index (χ3v) is 6.85. The zero-order valence-electron chi connectivity index (χ0n) is 16.2. The van der Waals surface area contributed by atoms with E-state index >= 15 is 0 Å². The molecule has 1 aromatic heterocycles. The molecule has 1 saturated carbocycles. The maximum atomic E-state index is 13.2. The van der Waals surface area contributed by atoms with Crippen molar-refractivity contribution < 1.29 is 9.59 Å². The molecule has 29 heavy (non-hydrogen) atoms. The van der Waals surface area contributed by atoms with Gasteiger partial charge in [0.25, 0.3) is 0 Å². The molecule has 1 unspecified atom stereocenters. The molecule has 0 spiro atoms. The third-order valence-electron chi connectivity index (χ3n) is 6.85. The minimum absolute atomic E-state index is 0.0162. The van der Waals surface area contributed by atoms with Gasteiger partial charge in [0.1, 0.15) is 0 Å². The second kappa shape index (κ2) is 6.21. The Bertz CT molecular complexity index is 1120. The van der Waals surface area contributed by atoms with Crippen LogP contribution in [0.25, 0.3) is 10.9 Å². The maximum absolute atomic E-state index is 13.2. The van der Waals surface area contributed by atoms with Crippen LogP contribution in [0.1, 0.15) is 35.2 Å². The second-order valence-electron chi connectivity index (χ2n) is 8.49. The van der Waals surface area contributed by atoms with Crippen LogP contribution < -0.4 is 0 Å². The van der Waals surface area contributed by atoms with Crippen LogP contribution >= 0.6 is 0 Å². The Morgan fingerprint density at radius 3 is 2.69 bits per heavy atom. The fraction of sp³-hybridized carbons (Fsp3) is 0.333. The predicted molar refractivity (Wildman–Crippen MR) is 110 cm³/mol. The Morgan fingerprint density at radius 1 is 1.03 bits per heavy atom. The summed E-state index contributed by atoms with van der Waals surface area (Å²) in [5, 5.41) is 1.24. The highest BCUT2D eigenvalue weighted by atomic mass is 16.2. The van der Waals surface area contributed by atoms with Gasteiger partial charge >= 0.3 is 0 Å². The highest BCUT2D eigenvalue weighted by Crippen LogP contribution is 2.49. The lowest BCUT2D eigenvalue weighted by Gasteiger charge is -2.43. The number of benzene rings is 2. The average Bonchev–Trinajstić information content (AvgIpc) is 3.47. The van der Waals surface area contributed by atoms with Crippen LogP contribution in [0.2, 0.25) is 0 Å². The van der Waals surface area contributed by atoms with Gasteiger partial charge in [-0.1, -0.05) is 48.5 Å². The van der Waals surface area contributed by atoms with E-state index in [1.54, 1.807) is 4.90 Å². The zero-order valence-corrected chi connectivity index (χ0v) is 16.2. The van der Waals surface area contributed by atoms with Gasteiger partial charge in [0.2, 0.25) is 11.8 Å². The van der Waals surface area contributed by atoms with Crippen LogP contribution in [0.4, 0.5) is 0 Å². The van der Waals surface area contributed by atoms with Crippen molar-refractivity contribution in [1.82, 2.24) is 14.8 Å². The lowest BCUT2D eigenvalue weighted by molar-refractivity contribution is -0.150. The van der Waals surface area contributed by atoms with E-state index in [0.717, 1.165) is 30.6 Å². The highest BCUT2D eigenvalue weighted by Gasteiger charge is 2.48. The van der Waals surface area contributed by atoms with Gasteiger partial charge in [-0.15, -0.1) is 0 Å². The fourth-order valence-corrected chi connectivity index (χ4v) is 5.27. The standard InChI is InChI=1S/C24H23N3O2/c28-22-14-26(24(29)19-12-18(19)15-6-2-1-3-7-15)13-21-23-17(10-11-27(21)22)16-8-4-5-9-20(16)25-23/h1-9,18-19,21,25H,10-14H2/t18-,19+,21?/m1/s1. The van der Waals surface area contributed by atoms with Crippen LogP contribution in [0.3, 0.4) is 0 Å². The number of para-hydroxylation sites is 1. The van der Waals surface area contributed by atoms with Crippen LogP contribution in [0, 0.1) is 5.92 Å². The topological polar surface area (TPSA) is 56.4 Å². The van der Waals surface area contributed by atoms with Crippen LogP contribution in [-0.2, 0) is 16.0 Å². The normalized spacial score (nSPS) is 25.7. The van der Waals surface area contributed by atoms with Gasteiger partial charge in [0.05, 0.1) is 12.6 Å². The van der Waals surface area contributed by atoms with E-state index in [4.69, 9.17) is 0 Å². The van der Waals surface area contributed by atoms with Crippen molar-refractivity contribution in [3.05, 3.63) is 71.4 Å². The number of rotatable bonds is 2. The van der Waals surface area contributed by atoms with Crippen molar-refractivity contribution in [2.45, 2.75) is 24.8 Å². The first-order chi connectivity index (χ1) is 14.2. The molecule has 146 valence electrons. The number of fused-ring (bicyclic) bond motifs is 5. The van der Waals surface area contributed by atoms with Crippen molar-refractivity contribution in [1.29, 1.82) is 0 Å². The van der Waals surface area contributed by atoms with Crippen molar-refractivity contribution >= 4 is 22.7 Å². The summed E-state index contributed by atoms with van der Waals surface area (Å²) in [6.07, 6.45) is 1.76. The molecule has 3 aromatic rings. The molecule has 0 radical (unpaired) electrons. The smallest absolute Gasteiger partial charge is 0.242 e. The molecule has 1 aliphatic carbocycles. The minimum Gasteiger partial charge on any atom is -0.356 e. The van der Waals surface area contributed by atoms with Gasteiger partial charge in [-0.2, -0.15) is 0 Å². The number of hydrogen-bond donors (Lipinski definition) is 1. The summed E-state index contributed by atoms with van der Waals surface area (Å²) in [6.45, 7) is 1.53. The van der Waals surface area contributed by atoms with E-state index in [2.05, 4.69) is 35.3 Å². The molecule has 2 amide bonds. The van der Waals surface area contributed by atoms with Gasteiger partial charge in [0.15, 0.2) is 0 Å². The Hall–Kier alpha value is -3.08. The number of hydrogen-bond acceptors (Lipinski definition) is 2. The summed E-state index contributed by atoms with van der Waals surface area (Å²) in [4.78, 5) is 33.4. The molecule has 5 heteroatoms. The molecule has 1 saturated heterocycles. The Kier molecular flexibility index (Phi) is 3.60. The number of carbonyl (C=O) groups excluding carboxylic acids is 2. The first-order valence-corrected chi connectivity index (χ1v) is 10.4. The van der Waals surface area contributed by atoms with Crippen LogP contribution in [0.5, 0.6) is 0 Å². The first-order valence-electron chi connectivity index (χ1n) is 10.4. The van der Waals surface area contributed by atoms with Crippen LogP contribution in [0.15, 0.2) is 54.6 Å². The summed E-state index contributed by atoms with van der Waals surface area (Å²) in [6, 6.07) is 18.5. The monoisotopic (exact) mass is 385 g/mol. The molecule has 2 aromatic carbocycles. The number of aromatic amines is 1. The fourth-order valence-electron chi connectivity index (χ4n) is 5.27. The van der Waals surface area contributed by atoms with Gasteiger partial charge in [-0.25, -0.2) is 0 Å². The molecule has 1 N–H and O–H groups in total. The van der Waals surface area contributed by atoms with Gasteiger partial charge in [-0.3, -0.25) is 9.59 Å². The van der Waals surface area contributed by atoms with Gasteiger partial charge in [0, 0.05) is 35.6 Å². The number of nitrogens with one attached hydrogen (secondary N) is 1. The second-order valence-corrected chi connectivity index (χ2v) is 8.49. The summed E-state index contributed by atoms with van der Waals surface area (Å²) in [5.41, 5.74) is 4.75. The molecule has 6 rings (SSSR count). The van der Waals surface area contributed by atoms with Crippen molar-refractivity contribution in [2.75, 3.05) is 19.6 Å². The first kappa shape index (κ1) is 16.8. The van der Waals surface area contributed by atoms with Crippen molar-refractivity contribution in [2.24, 2.45) is 5.92 Å². The summed E-state index contributed by atoms with van der Waals surface area (Å²) in [5.74, 6) is 0.514. The Balaban J connectivity index is 1.28. The zero-order chi connectivity index (χ0) is 19.5. The van der Waals surface area contributed by atoms with Gasteiger partial charge < -0.3 is 14.8 Å². The highest BCUT2D eigenvalue weighted by molar-refractivity contribution is 5.91. The third kappa shape index (κ3) is 2.60. The van der Waals surface area contributed by atoms with E-state index in [0.29, 0.717) is 12.5 Å². The number of carbonyl (C=O) groups is 2. The Labute approximate surface area is 169 Å². The number of H-pyrrole nitrogens is 1. The van der Waals surface area contributed by atoms with E-state index in [1.807, 2.05) is 29.2 Å². The Morgan fingerprint density at radius 2 is 1.83 bits per heavy atom. The minimum atomic E-state index is -0.0646. The van der Waals surface area contributed by atoms with E-state index < -0.39 is 0 Å². The quantitative estimate of drug-likeness (QED) is 0.736. The van der Waals surface area contributed by atoms with E-state index in [9.17, 15) is 9.59 Å². The molecular formula is C24H23N3O2. The SMILES string of the molecule is O=C([C@H]1C[C@@H]1c1ccccc1)N1CC(=O)N2CCc3c([nH]c4ccccc34)C2C1. The molecule has 2 aliphatic heterocycles. The lowest BCUT2D eigenvalue weighted by Crippen LogP contribution is -2.56. The number of piperazine rings is 1. The summed E-state index contributed by atoms with van der Waals surface area (Å²) < 4.78 is 0. The molecule has 3 heterocycles. The van der Waals surface area contributed by atoms with Gasteiger partial charge in [-0.05, 0) is 36.0 Å². The number of aromatic nitrogens is 1. The molecular weight excluding hydrogens is 362 g/mol. The predicted octanol–water partition coefficient (Wildman–Crippen LogP) is 3.24. The lowest BCUT2D eigenvalue weighted by atomic mass is 9.95. The molecule has 3 atom stereocenters. The molecule has 0 bridgehead atoms. The van der Waals surface area contributed by atoms with Crippen LogP contribution in [-0.4, -0.2) is 46.2 Å². The molecule has 3 aliphatic rings.